The predicted molar refractivity (Wildman–Crippen MR) is 90.0 cm³/mol. The molecule has 0 saturated heterocycles. The van der Waals surface area contributed by atoms with Gasteiger partial charge in [0.15, 0.2) is 5.70 Å². The smallest absolute Gasteiger partial charge is 0.496 e. The fraction of sp³-hybridized carbons (Fsp3) is 0.0625. The van der Waals surface area contributed by atoms with E-state index in [2.05, 4.69) is 15.9 Å². The van der Waals surface area contributed by atoms with Crippen molar-refractivity contribution in [1.29, 1.82) is 0 Å². The Kier molecular flexibility index (Phi) is 3.09. The highest BCUT2D eigenvalue weighted by atomic mass is 79.9. The van der Waals surface area contributed by atoms with Crippen LogP contribution in [0.1, 0.15) is 11.3 Å². The van der Waals surface area contributed by atoms with Crippen molar-refractivity contribution in [1.82, 2.24) is 4.48 Å². The summed E-state index contributed by atoms with van der Waals surface area (Å²) in [4.78, 5) is 0. The van der Waals surface area contributed by atoms with Crippen LogP contribution >= 0.6 is 15.9 Å². The first-order valence-electron chi connectivity index (χ1n) is 7.12. The molecule has 0 saturated carbocycles. The van der Waals surface area contributed by atoms with Gasteiger partial charge in [-0.05, 0) is 36.5 Å². The van der Waals surface area contributed by atoms with Gasteiger partial charge in [0.2, 0.25) is 0 Å². The molecule has 0 unspecified atom stereocenters. The number of rotatable bonds is 2. The molecule has 2 aliphatic rings. The average molecular weight is 377 g/mol. The zero-order valence-corrected chi connectivity index (χ0v) is 13.8. The van der Waals surface area contributed by atoms with E-state index in [1.807, 2.05) is 18.2 Å². The average Bonchev–Trinajstić information content (AvgIpc) is 3.18. The van der Waals surface area contributed by atoms with Crippen molar-refractivity contribution in [3.63, 3.8) is 0 Å². The van der Waals surface area contributed by atoms with Gasteiger partial charge >= 0.3 is 6.97 Å². The first kappa shape index (κ1) is 14.4. The first-order chi connectivity index (χ1) is 11.0. The first-order valence-corrected chi connectivity index (χ1v) is 7.91. The summed E-state index contributed by atoms with van der Waals surface area (Å²) in [6.45, 7) is -3.87. The van der Waals surface area contributed by atoms with Crippen molar-refractivity contribution in [3.8, 4) is 5.75 Å². The molecular weight excluding hydrogens is 365 g/mol. The van der Waals surface area contributed by atoms with Gasteiger partial charge in [0, 0.05) is 27.9 Å². The predicted octanol–water partition coefficient (Wildman–Crippen LogP) is 3.91. The van der Waals surface area contributed by atoms with Gasteiger partial charge in [0.25, 0.3) is 0 Å². The molecule has 3 nitrogen and oxygen atoms in total. The molecule has 7 heteroatoms. The molecule has 2 aromatic rings. The molecule has 1 aromatic carbocycles. The van der Waals surface area contributed by atoms with Crippen molar-refractivity contribution in [3.05, 3.63) is 70.1 Å². The fourth-order valence-electron chi connectivity index (χ4n) is 3.17. The van der Waals surface area contributed by atoms with E-state index in [-0.39, 0.29) is 0 Å². The van der Waals surface area contributed by atoms with E-state index in [4.69, 9.17) is 4.74 Å². The molecule has 4 rings (SSSR count). The number of nitrogens with zero attached hydrogens (tertiary/aromatic N) is 2. The molecule has 0 N–H and O–H groups in total. The molecule has 0 amide bonds. The molecule has 1 aromatic heterocycles. The fourth-order valence-corrected chi connectivity index (χ4v) is 3.51. The SMILES string of the molecule is COc1cc(Br)ccc1C1=C2C=CC=[N+]2[B-](F)(F)n2cccc21. The number of fused-ring (bicyclic) bond motifs is 2. The second kappa shape index (κ2) is 4.93. The Bertz CT molecular complexity index is 915. The van der Waals surface area contributed by atoms with E-state index < -0.39 is 6.97 Å². The lowest BCUT2D eigenvalue weighted by Crippen LogP contribution is -2.49. The van der Waals surface area contributed by atoms with Crippen molar-refractivity contribution in [2.45, 2.75) is 0 Å². The number of allylic oxidation sites excluding steroid dienone is 2. The van der Waals surface area contributed by atoms with E-state index in [1.165, 1.54) is 12.4 Å². The minimum atomic E-state index is -3.87. The Morgan fingerprint density at radius 1 is 1.26 bits per heavy atom. The molecule has 23 heavy (non-hydrogen) atoms. The van der Waals surface area contributed by atoms with E-state index >= 15 is 0 Å². The number of hydrogen-bond acceptors (Lipinski definition) is 1. The Labute approximate surface area is 140 Å². The molecule has 0 radical (unpaired) electrons. The van der Waals surface area contributed by atoms with Gasteiger partial charge in [-0.15, -0.1) is 0 Å². The summed E-state index contributed by atoms with van der Waals surface area (Å²) in [5, 5.41) is 0. The van der Waals surface area contributed by atoms with Crippen LogP contribution in [0.4, 0.5) is 8.63 Å². The molecule has 0 atom stereocenters. The maximum atomic E-state index is 14.7. The van der Waals surface area contributed by atoms with Crippen LogP contribution in [0.3, 0.4) is 0 Å². The largest absolute Gasteiger partial charge is 0.737 e. The lowest BCUT2D eigenvalue weighted by molar-refractivity contribution is -0.356. The van der Waals surface area contributed by atoms with Gasteiger partial charge in [-0.2, -0.15) is 0 Å². The minimum Gasteiger partial charge on any atom is -0.496 e. The lowest BCUT2D eigenvalue weighted by Gasteiger charge is -2.31. The maximum Gasteiger partial charge on any atom is 0.737 e. The number of benzene rings is 1. The summed E-state index contributed by atoms with van der Waals surface area (Å²) in [6, 6.07) is 8.94. The summed E-state index contributed by atoms with van der Waals surface area (Å²) < 4.78 is 37.9. The Hall–Kier alpha value is -2.15. The van der Waals surface area contributed by atoms with E-state index in [9.17, 15) is 8.63 Å². The molecule has 0 aliphatic carbocycles. The molecular formula is C16H12BBrF2N2O. The van der Waals surface area contributed by atoms with Crippen LogP contribution in [-0.4, -0.2) is 29.3 Å². The number of halogens is 3. The number of methoxy groups -OCH3 is 1. The highest BCUT2D eigenvalue weighted by molar-refractivity contribution is 9.10. The second-order valence-electron chi connectivity index (χ2n) is 5.41. The van der Waals surface area contributed by atoms with Crippen LogP contribution in [0, 0.1) is 0 Å². The molecule has 0 spiro atoms. The summed E-state index contributed by atoms with van der Waals surface area (Å²) in [5.41, 5.74) is 2.49. The zero-order valence-electron chi connectivity index (χ0n) is 12.2. The van der Waals surface area contributed by atoms with Gasteiger partial charge in [-0.1, -0.05) is 15.9 Å². The van der Waals surface area contributed by atoms with Crippen molar-refractivity contribution in [2.75, 3.05) is 7.11 Å². The molecule has 0 bridgehead atoms. The van der Waals surface area contributed by atoms with E-state index in [0.717, 1.165) is 24.6 Å². The van der Waals surface area contributed by atoms with Gasteiger partial charge < -0.3 is 22.3 Å². The van der Waals surface area contributed by atoms with Crippen molar-refractivity contribution in [2.24, 2.45) is 0 Å². The summed E-state index contributed by atoms with van der Waals surface area (Å²) >= 11 is 3.41. The summed E-state index contributed by atoms with van der Waals surface area (Å²) in [6.07, 6.45) is 6.19. The monoisotopic (exact) mass is 376 g/mol. The van der Waals surface area contributed by atoms with Crippen molar-refractivity contribution >= 4 is 34.7 Å². The minimum absolute atomic E-state index is 0.488. The second-order valence-corrected chi connectivity index (χ2v) is 6.32. The Balaban J connectivity index is 2.06. The topological polar surface area (TPSA) is 17.2 Å². The van der Waals surface area contributed by atoms with Gasteiger partial charge in [-0.25, -0.2) is 0 Å². The molecule has 116 valence electrons. The van der Waals surface area contributed by atoms with Crippen LogP contribution in [0.5, 0.6) is 5.75 Å². The summed E-state index contributed by atoms with van der Waals surface area (Å²) in [7, 11) is 1.57. The number of ether oxygens (including phenoxy) is 1. The lowest BCUT2D eigenvalue weighted by atomic mass is 9.86. The summed E-state index contributed by atoms with van der Waals surface area (Å²) in [5.74, 6) is 0.632. The van der Waals surface area contributed by atoms with Crippen LogP contribution in [0.15, 0.2) is 58.9 Å². The molecule has 0 fully saturated rings. The van der Waals surface area contributed by atoms with Crippen LogP contribution in [0.25, 0.3) is 5.57 Å². The van der Waals surface area contributed by atoms with E-state index in [1.54, 1.807) is 31.4 Å². The molecule has 3 heterocycles. The number of hydrogen-bond donors (Lipinski definition) is 0. The van der Waals surface area contributed by atoms with Gasteiger partial charge in [0.1, 0.15) is 12.0 Å². The maximum absolute atomic E-state index is 14.7. The van der Waals surface area contributed by atoms with Crippen LogP contribution < -0.4 is 4.74 Å². The van der Waals surface area contributed by atoms with Crippen LogP contribution in [-0.2, 0) is 0 Å². The third kappa shape index (κ3) is 1.96. The third-order valence-corrected chi connectivity index (χ3v) is 4.67. The number of aromatic nitrogens is 1. The Morgan fingerprint density at radius 3 is 2.87 bits per heavy atom. The standard InChI is InChI=1S/C16H12BBrF2N2O/c1-23-15-10-11(18)6-7-12(15)16-13-4-2-8-21(13)17(19,20)22-9-3-5-14(16)22/h2-10H,1H3. The Morgan fingerprint density at radius 2 is 2.09 bits per heavy atom. The van der Waals surface area contributed by atoms with Gasteiger partial charge in [0.05, 0.1) is 12.7 Å². The molecule has 2 aliphatic heterocycles. The highest BCUT2D eigenvalue weighted by Gasteiger charge is 2.51. The zero-order chi connectivity index (χ0) is 16.2. The normalized spacial score (nSPS) is 17.8. The highest BCUT2D eigenvalue weighted by Crippen LogP contribution is 2.41. The van der Waals surface area contributed by atoms with Gasteiger partial charge in [-0.3, -0.25) is 0 Å². The third-order valence-electron chi connectivity index (χ3n) is 4.17. The van der Waals surface area contributed by atoms with E-state index in [0.29, 0.717) is 17.1 Å². The quantitative estimate of drug-likeness (QED) is 0.726. The van der Waals surface area contributed by atoms with Crippen LogP contribution in [0.2, 0.25) is 0 Å². The van der Waals surface area contributed by atoms with Crippen molar-refractivity contribution < 1.29 is 17.9 Å².